The van der Waals surface area contributed by atoms with Crippen molar-refractivity contribution in [3.8, 4) is 28.6 Å². The highest BCUT2D eigenvalue weighted by atomic mass is 16.6. The minimum absolute atomic E-state index is 0.0274. The van der Waals surface area contributed by atoms with Crippen molar-refractivity contribution in [2.45, 2.75) is 19.1 Å². The van der Waals surface area contributed by atoms with Crippen LogP contribution in [-0.2, 0) is 12.8 Å². The molecule has 0 bridgehead atoms. The molecule has 0 fully saturated rings. The molecule has 6 aromatic rings. The fourth-order valence-electron chi connectivity index (χ4n) is 5.35. The number of benzene rings is 3. The molecule has 1 aliphatic heterocycles. The molecule has 1 unspecified atom stereocenters. The molecule has 0 radical (unpaired) electrons. The maximum absolute atomic E-state index is 13.2. The molecule has 0 spiro atoms. The van der Waals surface area contributed by atoms with E-state index in [-0.39, 0.29) is 46.0 Å². The maximum Gasteiger partial charge on any atom is 0.339 e. The van der Waals surface area contributed by atoms with Crippen LogP contribution in [0.2, 0.25) is 0 Å². The molecular weight excluding hydrogens is 544 g/mol. The van der Waals surface area contributed by atoms with Gasteiger partial charge in [0.05, 0.1) is 11.1 Å². The summed E-state index contributed by atoms with van der Waals surface area (Å²) in [7, 11) is 0. The molecule has 3 aromatic carbocycles. The van der Waals surface area contributed by atoms with E-state index in [1.165, 1.54) is 48.5 Å². The first-order valence-corrected chi connectivity index (χ1v) is 12.9. The summed E-state index contributed by atoms with van der Waals surface area (Å²) >= 11 is 0. The molecule has 3 N–H and O–H groups in total. The van der Waals surface area contributed by atoms with Gasteiger partial charge in [0, 0.05) is 41.0 Å². The Hall–Kier alpha value is -5.61. The van der Waals surface area contributed by atoms with Crippen molar-refractivity contribution in [3.63, 3.8) is 0 Å². The van der Waals surface area contributed by atoms with E-state index in [1.807, 2.05) is 0 Å². The highest BCUT2D eigenvalue weighted by Gasteiger charge is 2.29. The SMILES string of the molecule is O=c1cc(Cc2ccc3c(c2)-c2oc(=O)c(Cc4cc(=O)oc5ccc(O)cc45)cc2C(O)O3)c2ccc(O)cc2o1. The Kier molecular flexibility index (Phi) is 5.73. The van der Waals surface area contributed by atoms with Crippen molar-refractivity contribution in [2.24, 2.45) is 0 Å². The normalized spacial score (nSPS) is 14.0. The second-order valence-electron chi connectivity index (χ2n) is 10.0. The number of aliphatic hydroxyl groups excluding tert-OH is 1. The molecule has 1 aliphatic rings. The summed E-state index contributed by atoms with van der Waals surface area (Å²) < 4.78 is 21.9. The standard InChI is InChI=1S/C32H20O10/c33-19-3-6-25-22(13-19)17(12-28(35)39-25)9-18-10-24-30(42-31(18)37)23-8-15(1-5-26(23)41-32(24)38)7-16-11-29(36)40-27-14-20(34)2-4-21(16)27/h1-6,8,10-14,32-34,38H,7,9H2. The van der Waals surface area contributed by atoms with Gasteiger partial charge in [-0.1, -0.05) is 6.07 Å². The van der Waals surface area contributed by atoms with Gasteiger partial charge in [0.15, 0.2) is 5.76 Å². The number of phenolic OH excluding ortho intramolecular Hbond substituents is 2. The molecule has 0 aliphatic carbocycles. The average molecular weight is 565 g/mol. The monoisotopic (exact) mass is 564 g/mol. The lowest BCUT2D eigenvalue weighted by Crippen LogP contribution is -2.19. The van der Waals surface area contributed by atoms with E-state index in [0.717, 1.165) is 5.56 Å². The molecule has 4 heterocycles. The summed E-state index contributed by atoms with van der Waals surface area (Å²) in [4.78, 5) is 37.5. The van der Waals surface area contributed by atoms with E-state index in [2.05, 4.69) is 0 Å². The molecule has 1 atom stereocenters. The highest BCUT2D eigenvalue weighted by Crippen LogP contribution is 2.42. The van der Waals surface area contributed by atoms with Gasteiger partial charge < -0.3 is 33.3 Å². The lowest BCUT2D eigenvalue weighted by molar-refractivity contribution is -0.0232. The second-order valence-corrected chi connectivity index (χ2v) is 10.0. The molecule has 0 saturated heterocycles. The summed E-state index contributed by atoms with van der Waals surface area (Å²) in [5.74, 6) is 0.380. The van der Waals surface area contributed by atoms with E-state index >= 15 is 0 Å². The number of aliphatic hydroxyl groups is 1. The Morgan fingerprint density at radius 1 is 0.643 bits per heavy atom. The molecule has 0 saturated carbocycles. The molecule has 0 amide bonds. The second kappa shape index (κ2) is 9.50. The fourth-order valence-corrected chi connectivity index (χ4v) is 5.35. The molecule has 10 heteroatoms. The summed E-state index contributed by atoms with van der Waals surface area (Å²) in [6, 6.07) is 18.1. The zero-order chi connectivity index (χ0) is 29.1. The number of phenols is 2. The van der Waals surface area contributed by atoms with Crippen molar-refractivity contribution in [2.75, 3.05) is 0 Å². The summed E-state index contributed by atoms with van der Waals surface area (Å²) in [6.07, 6.45) is -1.13. The summed E-state index contributed by atoms with van der Waals surface area (Å²) in [6.45, 7) is 0. The van der Waals surface area contributed by atoms with Gasteiger partial charge in [-0.15, -0.1) is 0 Å². The predicted molar refractivity (Wildman–Crippen MR) is 150 cm³/mol. The molecule has 3 aromatic heterocycles. The lowest BCUT2D eigenvalue weighted by atomic mass is 9.95. The van der Waals surface area contributed by atoms with Gasteiger partial charge in [-0.05, 0) is 71.6 Å². The van der Waals surface area contributed by atoms with Crippen LogP contribution in [0.5, 0.6) is 17.2 Å². The minimum Gasteiger partial charge on any atom is -0.508 e. The van der Waals surface area contributed by atoms with Crippen molar-refractivity contribution < 1.29 is 33.3 Å². The molecular formula is C32H20O10. The lowest BCUT2D eigenvalue weighted by Gasteiger charge is -2.24. The van der Waals surface area contributed by atoms with E-state index in [1.54, 1.807) is 24.3 Å². The Balaban J connectivity index is 1.29. The van der Waals surface area contributed by atoms with Gasteiger partial charge in [-0.2, -0.15) is 0 Å². The molecule has 208 valence electrons. The Bertz CT molecular complexity index is 2240. The number of rotatable bonds is 4. The third kappa shape index (κ3) is 4.40. The third-order valence-corrected chi connectivity index (χ3v) is 7.24. The van der Waals surface area contributed by atoms with Crippen LogP contribution >= 0.6 is 0 Å². The van der Waals surface area contributed by atoms with E-state index in [9.17, 15) is 29.7 Å². The first-order valence-electron chi connectivity index (χ1n) is 12.9. The number of fused-ring (bicyclic) bond motifs is 5. The zero-order valence-corrected chi connectivity index (χ0v) is 21.6. The van der Waals surface area contributed by atoms with E-state index in [4.69, 9.17) is 18.0 Å². The minimum atomic E-state index is -1.42. The van der Waals surface area contributed by atoms with Crippen LogP contribution < -0.4 is 21.6 Å². The van der Waals surface area contributed by atoms with Crippen LogP contribution in [0, 0.1) is 0 Å². The number of hydrogen-bond donors (Lipinski definition) is 3. The van der Waals surface area contributed by atoms with E-state index in [0.29, 0.717) is 39.6 Å². The van der Waals surface area contributed by atoms with Crippen molar-refractivity contribution >= 4 is 21.9 Å². The Labute approximate surface area is 234 Å². The maximum atomic E-state index is 13.2. The number of ether oxygens (including phenoxy) is 1. The summed E-state index contributed by atoms with van der Waals surface area (Å²) in [5.41, 5.74) is 1.35. The predicted octanol–water partition coefficient (Wildman–Crippen LogP) is 4.50. The fraction of sp³-hybridized carbons (Fsp3) is 0.0938. The van der Waals surface area contributed by atoms with Crippen LogP contribution in [0.25, 0.3) is 33.3 Å². The Morgan fingerprint density at radius 2 is 1.36 bits per heavy atom. The van der Waals surface area contributed by atoms with Crippen LogP contribution in [-0.4, -0.2) is 15.3 Å². The molecule has 42 heavy (non-hydrogen) atoms. The van der Waals surface area contributed by atoms with Crippen molar-refractivity contribution in [3.05, 3.63) is 132 Å². The number of aromatic hydroxyl groups is 2. The molecule has 10 nitrogen and oxygen atoms in total. The van der Waals surface area contributed by atoms with Crippen LogP contribution in [0.4, 0.5) is 0 Å². The van der Waals surface area contributed by atoms with Gasteiger partial charge in [-0.25, -0.2) is 14.4 Å². The Morgan fingerprint density at radius 3 is 2.17 bits per heavy atom. The van der Waals surface area contributed by atoms with Gasteiger partial charge in [-0.3, -0.25) is 0 Å². The van der Waals surface area contributed by atoms with E-state index < -0.39 is 23.2 Å². The quantitative estimate of drug-likeness (QED) is 0.260. The summed E-state index contributed by atoms with van der Waals surface area (Å²) in [5, 5.41) is 31.6. The van der Waals surface area contributed by atoms with Crippen LogP contribution in [0.15, 0.2) is 100 Å². The largest absolute Gasteiger partial charge is 0.508 e. The number of hydrogen-bond acceptors (Lipinski definition) is 10. The first kappa shape index (κ1) is 25.4. The van der Waals surface area contributed by atoms with Gasteiger partial charge in [0.2, 0.25) is 6.29 Å². The van der Waals surface area contributed by atoms with Crippen LogP contribution in [0.3, 0.4) is 0 Å². The van der Waals surface area contributed by atoms with Gasteiger partial charge in [0.25, 0.3) is 0 Å². The zero-order valence-electron chi connectivity index (χ0n) is 21.6. The first-order chi connectivity index (χ1) is 20.2. The average Bonchev–Trinajstić information content (AvgIpc) is 2.94. The van der Waals surface area contributed by atoms with Crippen molar-refractivity contribution in [1.29, 1.82) is 0 Å². The van der Waals surface area contributed by atoms with Crippen molar-refractivity contribution in [1.82, 2.24) is 0 Å². The van der Waals surface area contributed by atoms with Gasteiger partial charge >= 0.3 is 16.9 Å². The smallest absolute Gasteiger partial charge is 0.339 e. The highest BCUT2D eigenvalue weighted by molar-refractivity contribution is 5.83. The van der Waals surface area contributed by atoms with Crippen LogP contribution in [0.1, 0.15) is 34.1 Å². The topological polar surface area (TPSA) is 161 Å². The van der Waals surface area contributed by atoms with Gasteiger partial charge in [0.1, 0.15) is 28.4 Å². The molecule has 7 rings (SSSR count). The third-order valence-electron chi connectivity index (χ3n) is 7.24.